The molecule has 5 nitrogen and oxygen atoms in total. The molecule has 0 aliphatic carbocycles. The van der Waals surface area contributed by atoms with Crippen molar-refractivity contribution in [1.82, 2.24) is 15.0 Å². The van der Waals surface area contributed by atoms with Crippen LogP contribution in [0, 0.1) is 6.92 Å². The molecule has 1 aliphatic heterocycles. The minimum absolute atomic E-state index is 0.0992. The molecule has 0 atom stereocenters. The summed E-state index contributed by atoms with van der Waals surface area (Å²) in [6, 6.07) is 7.55. The van der Waals surface area contributed by atoms with Crippen LogP contribution in [0.2, 0.25) is 0 Å². The summed E-state index contributed by atoms with van der Waals surface area (Å²) in [6.07, 6.45) is 1.77. The van der Waals surface area contributed by atoms with E-state index in [2.05, 4.69) is 26.0 Å². The first-order chi connectivity index (χ1) is 10.6. The van der Waals surface area contributed by atoms with Gasteiger partial charge in [-0.15, -0.1) is 0 Å². The van der Waals surface area contributed by atoms with E-state index >= 15 is 0 Å². The van der Waals surface area contributed by atoms with Crippen molar-refractivity contribution < 1.29 is 9.32 Å². The maximum atomic E-state index is 12.5. The van der Waals surface area contributed by atoms with Crippen LogP contribution in [0.1, 0.15) is 21.7 Å². The van der Waals surface area contributed by atoms with Crippen molar-refractivity contribution in [3.63, 3.8) is 0 Å². The average molecular weight is 364 g/mol. The fraction of sp³-hybridized carbons (Fsp3) is 0.375. The molecule has 3 rings (SSSR count). The van der Waals surface area contributed by atoms with Gasteiger partial charge in [-0.1, -0.05) is 27.2 Å². The van der Waals surface area contributed by atoms with E-state index in [1.54, 1.807) is 6.20 Å². The molecule has 1 aromatic carbocycles. The van der Waals surface area contributed by atoms with Crippen molar-refractivity contribution in [1.29, 1.82) is 0 Å². The number of amides is 1. The second kappa shape index (κ2) is 6.62. The Morgan fingerprint density at radius 1 is 1.32 bits per heavy atom. The molecule has 1 fully saturated rings. The Bertz CT molecular complexity index is 663. The van der Waals surface area contributed by atoms with Gasteiger partial charge in [0.2, 0.25) is 0 Å². The molecule has 0 N–H and O–H groups in total. The van der Waals surface area contributed by atoms with Crippen LogP contribution >= 0.6 is 15.9 Å². The number of hydrogen-bond acceptors (Lipinski definition) is 4. The molecule has 1 amide bonds. The van der Waals surface area contributed by atoms with Gasteiger partial charge in [-0.25, -0.2) is 0 Å². The Morgan fingerprint density at radius 3 is 2.73 bits per heavy atom. The van der Waals surface area contributed by atoms with Crippen LogP contribution in [0.25, 0.3) is 0 Å². The number of aromatic nitrogens is 1. The summed E-state index contributed by atoms with van der Waals surface area (Å²) < 4.78 is 6.02. The SMILES string of the molecule is Cc1oncc1CN1CCN(C(=O)c2cccc(Br)c2)CC1. The van der Waals surface area contributed by atoms with E-state index in [0.29, 0.717) is 0 Å². The summed E-state index contributed by atoms with van der Waals surface area (Å²) in [5.74, 6) is 0.967. The summed E-state index contributed by atoms with van der Waals surface area (Å²) in [7, 11) is 0. The lowest BCUT2D eigenvalue weighted by Crippen LogP contribution is -2.48. The molecule has 2 aromatic rings. The third-order valence-electron chi connectivity index (χ3n) is 3.98. The quantitative estimate of drug-likeness (QED) is 0.841. The van der Waals surface area contributed by atoms with E-state index < -0.39 is 0 Å². The van der Waals surface area contributed by atoms with Crippen LogP contribution in [0.15, 0.2) is 39.5 Å². The first-order valence-electron chi connectivity index (χ1n) is 7.31. The average Bonchev–Trinajstić information content (AvgIpc) is 2.92. The molecule has 22 heavy (non-hydrogen) atoms. The number of carbonyl (C=O) groups excluding carboxylic acids is 1. The number of rotatable bonds is 3. The van der Waals surface area contributed by atoms with Crippen molar-refractivity contribution in [3.8, 4) is 0 Å². The van der Waals surface area contributed by atoms with Crippen molar-refractivity contribution >= 4 is 21.8 Å². The lowest BCUT2D eigenvalue weighted by atomic mass is 10.1. The summed E-state index contributed by atoms with van der Waals surface area (Å²) in [5.41, 5.74) is 1.85. The summed E-state index contributed by atoms with van der Waals surface area (Å²) >= 11 is 3.41. The normalized spacial score (nSPS) is 16.0. The summed E-state index contributed by atoms with van der Waals surface area (Å²) in [4.78, 5) is 16.7. The zero-order valence-electron chi connectivity index (χ0n) is 12.5. The molecular weight excluding hydrogens is 346 g/mol. The summed E-state index contributed by atoms with van der Waals surface area (Å²) in [6.45, 7) is 5.98. The molecule has 1 aromatic heterocycles. The van der Waals surface area contributed by atoms with Crippen molar-refractivity contribution in [2.24, 2.45) is 0 Å². The van der Waals surface area contributed by atoms with Crippen LogP contribution in [0.3, 0.4) is 0 Å². The van der Waals surface area contributed by atoms with Crippen molar-refractivity contribution in [2.75, 3.05) is 26.2 Å². The van der Waals surface area contributed by atoms with Crippen molar-refractivity contribution in [3.05, 3.63) is 51.8 Å². The fourth-order valence-corrected chi connectivity index (χ4v) is 3.02. The third kappa shape index (κ3) is 3.39. The highest BCUT2D eigenvalue weighted by Crippen LogP contribution is 2.16. The number of benzene rings is 1. The highest BCUT2D eigenvalue weighted by Gasteiger charge is 2.22. The van der Waals surface area contributed by atoms with Crippen LogP contribution in [0.4, 0.5) is 0 Å². The van der Waals surface area contributed by atoms with E-state index in [4.69, 9.17) is 4.52 Å². The zero-order valence-corrected chi connectivity index (χ0v) is 14.0. The number of nitrogens with zero attached hydrogens (tertiary/aromatic N) is 3. The van der Waals surface area contributed by atoms with Crippen molar-refractivity contribution in [2.45, 2.75) is 13.5 Å². The molecule has 2 heterocycles. The zero-order chi connectivity index (χ0) is 15.5. The largest absolute Gasteiger partial charge is 0.361 e. The van der Waals surface area contributed by atoms with E-state index in [-0.39, 0.29) is 5.91 Å². The Kier molecular flexibility index (Phi) is 4.59. The van der Waals surface area contributed by atoms with E-state index in [0.717, 1.165) is 54.1 Å². The molecule has 116 valence electrons. The molecule has 0 radical (unpaired) electrons. The van der Waals surface area contributed by atoms with Crippen LogP contribution < -0.4 is 0 Å². The monoisotopic (exact) mass is 363 g/mol. The first-order valence-corrected chi connectivity index (χ1v) is 8.10. The van der Waals surface area contributed by atoms with Gasteiger partial charge >= 0.3 is 0 Å². The van der Waals surface area contributed by atoms with E-state index in [9.17, 15) is 4.79 Å². The molecule has 0 bridgehead atoms. The van der Waals surface area contributed by atoms with Gasteiger partial charge in [0, 0.05) is 48.3 Å². The van der Waals surface area contributed by atoms with Gasteiger partial charge in [0.05, 0.1) is 6.20 Å². The lowest BCUT2D eigenvalue weighted by molar-refractivity contribution is 0.0627. The number of carbonyl (C=O) groups is 1. The van der Waals surface area contributed by atoms with Gasteiger partial charge in [0.1, 0.15) is 5.76 Å². The molecule has 1 saturated heterocycles. The molecule has 6 heteroatoms. The van der Waals surface area contributed by atoms with Crippen LogP contribution in [-0.4, -0.2) is 47.0 Å². The molecule has 0 saturated carbocycles. The predicted molar refractivity (Wildman–Crippen MR) is 86.6 cm³/mol. The third-order valence-corrected chi connectivity index (χ3v) is 4.47. The standard InChI is InChI=1S/C16H18BrN3O2/c1-12-14(10-18-22-12)11-19-5-7-20(8-6-19)16(21)13-3-2-4-15(17)9-13/h2-4,9-10H,5-8,11H2,1H3. The predicted octanol–water partition coefficient (Wildman–Crippen LogP) is 2.70. The Labute approximate surface area is 138 Å². The Balaban J connectivity index is 1.57. The minimum Gasteiger partial charge on any atom is -0.361 e. The first kappa shape index (κ1) is 15.2. The molecule has 1 aliphatic rings. The Hall–Kier alpha value is -1.66. The smallest absolute Gasteiger partial charge is 0.253 e. The van der Waals surface area contributed by atoms with Crippen LogP contribution in [0.5, 0.6) is 0 Å². The second-order valence-electron chi connectivity index (χ2n) is 5.49. The molecule has 0 unspecified atom stereocenters. The Morgan fingerprint density at radius 2 is 2.09 bits per heavy atom. The highest BCUT2D eigenvalue weighted by molar-refractivity contribution is 9.10. The van der Waals surface area contributed by atoms with Gasteiger partial charge in [0.15, 0.2) is 0 Å². The van der Waals surface area contributed by atoms with E-state index in [1.807, 2.05) is 36.1 Å². The lowest BCUT2D eigenvalue weighted by Gasteiger charge is -2.34. The molecular formula is C16H18BrN3O2. The molecule has 0 spiro atoms. The van der Waals surface area contributed by atoms with Gasteiger partial charge in [0.25, 0.3) is 5.91 Å². The summed E-state index contributed by atoms with van der Waals surface area (Å²) in [5, 5.41) is 3.81. The number of aryl methyl sites for hydroxylation is 1. The van der Waals surface area contributed by atoms with Crippen LogP contribution in [-0.2, 0) is 6.54 Å². The number of piperazine rings is 1. The maximum Gasteiger partial charge on any atom is 0.253 e. The highest BCUT2D eigenvalue weighted by atomic mass is 79.9. The minimum atomic E-state index is 0.0992. The van der Waals surface area contributed by atoms with E-state index in [1.165, 1.54) is 0 Å². The van der Waals surface area contributed by atoms with Gasteiger partial charge < -0.3 is 9.42 Å². The number of hydrogen-bond donors (Lipinski definition) is 0. The maximum absolute atomic E-state index is 12.5. The topological polar surface area (TPSA) is 49.6 Å². The van der Waals surface area contributed by atoms with Gasteiger partial charge in [-0.2, -0.15) is 0 Å². The van der Waals surface area contributed by atoms with Gasteiger partial charge in [-0.3, -0.25) is 9.69 Å². The van der Waals surface area contributed by atoms with Gasteiger partial charge in [-0.05, 0) is 25.1 Å². The second-order valence-corrected chi connectivity index (χ2v) is 6.40. The fourth-order valence-electron chi connectivity index (χ4n) is 2.62. The number of halogens is 1.